The van der Waals surface area contributed by atoms with Crippen molar-refractivity contribution >= 4 is 28.3 Å². The van der Waals surface area contributed by atoms with Crippen LogP contribution in [0.3, 0.4) is 0 Å². The number of nitrogens with one attached hydrogen (secondary N) is 1. The van der Waals surface area contributed by atoms with E-state index >= 15 is 0 Å². The van der Waals surface area contributed by atoms with E-state index in [2.05, 4.69) is 10.3 Å². The number of anilines is 1. The van der Waals surface area contributed by atoms with Gasteiger partial charge in [0.1, 0.15) is 5.58 Å². The lowest BCUT2D eigenvalue weighted by Crippen LogP contribution is -2.11. The van der Waals surface area contributed by atoms with Gasteiger partial charge in [0.05, 0.1) is 0 Å². The molecule has 0 unspecified atom stereocenters. The topological polar surface area (TPSA) is 72.2 Å². The maximum absolute atomic E-state index is 12.8. The first kappa shape index (κ1) is 17.7. The number of pyridine rings is 1. The van der Waals surface area contributed by atoms with Gasteiger partial charge in [-0.15, -0.1) is 0 Å². The summed E-state index contributed by atoms with van der Waals surface area (Å²) in [4.78, 5) is 29.1. The first-order chi connectivity index (χ1) is 13.5. The molecule has 0 aliphatic rings. The van der Waals surface area contributed by atoms with Gasteiger partial charge in [0.2, 0.25) is 5.78 Å². The smallest absolute Gasteiger partial charge is 0.255 e. The maximum Gasteiger partial charge on any atom is 0.255 e. The van der Waals surface area contributed by atoms with Gasteiger partial charge in [-0.2, -0.15) is 0 Å². The SMILES string of the molecule is Cc1ccc(C(=O)c2oc3cc(NC(=O)c4ccncc4)ccc3c2C)cc1. The first-order valence-corrected chi connectivity index (χ1v) is 8.89. The third-order valence-corrected chi connectivity index (χ3v) is 4.66. The van der Waals surface area contributed by atoms with Gasteiger partial charge >= 0.3 is 0 Å². The fourth-order valence-electron chi connectivity index (χ4n) is 3.06. The predicted octanol–water partition coefficient (Wildman–Crippen LogP) is 4.93. The molecular formula is C23H18N2O3. The van der Waals surface area contributed by atoms with Crippen molar-refractivity contribution in [3.05, 3.63) is 95.0 Å². The van der Waals surface area contributed by atoms with Crippen molar-refractivity contribution in [1.82, 2.24) is 4.98 Å². The number of aryl methyl sites for hydroxylation is 2. The highest BCUT2D eigenvalue weighted by Crippen LogP contribution is 2.29. The summed E-state index contributed by atoms with van der Waals surface area (Å²) in [6.45, 7) is 3.84. The van der Waals surface area contributed by atoms with E-state index in [-0.39, 0.29) is 11.7 Å². The minimum Gasteiger partial charge on any atom is -0.452 e. The average Bonchev–Trinajstić information content (AvgIpc) is 3.04. The van der Waals surface area contributed by atoms with Crippen molar-refractivity contribution in [3.63, 3.8) is 0 Å². The third-order valence-electron chi connectivity index (χ3n) is 4.66. The first-order valence-electron chi connectivity index (χ1n) is 8.89. The number of nitrogens with zero attached hydrogens (tertiary/aromatic N) is 1. The van der Waals surface area contributed by atoms with Gasteiger partial charge in [0.15, 0.2) is 5.76 Å². The number of fused-ring (bicyclic) bond motifs is 1. The predicted molar refractivity (Wildman–Crippen MR) is 108 cm³/mol. The van der Waals surface area contributed by atoms with Crippen LogP contribution in [0.4, 0.5) is 5.69 Å². The van der Waals surface area contributed by atoms with Crippen molar-refractivity contribution in [2.45, 2.75) is 13.8 Å². The number of rotatable bonds is 4. The van der Waals surface area contributed by atoms with Crippen LogP contribution in [0.25, 0.3) is 11.0 Å². The number of ketones is 1. The molecule has 138 valence electrons. The van der Waals surface area contributed by atoms with Crippen molar-refractivity contribution in [3.8, 4) is 0 Å². The van der Waals surface area contributed by atoms with Gasteiger partial charge in [-0.1, -0.05) is 29.8 Å². The molecule has 0 fully saturated rings. The number of hydrogen-bond acceptors (Lipinski definition) is 4. The van der Waals surface area contributed by atoms with Gasteiger partial charge in [-0.05, 0) is 38.1 Å². The molecule has 0 aliphatic carbocycles. The monoisotopic (exact) mass is 370 g/mol. The van der Waals surface area contributed by atoms with Gasteiger partial charge in [-0.3, -0.25) is 14.6 Å². The largest absolute Gasteiger partial charge is 0.452 e. The minimum atomic E-state index is -0.235. The Balaban J connectivity index is 1.65. The van der Waals surface area contributed by atoms with Gasteiger partial charge in [0.25, 0.3) is 5.91 Å². The molecule has 1 amide bonds. The molecule has 0 atom stereocenters. The zero-order valence-corrected chi connectivity index (χ0v) is 15.5. The molecule has 0 saturated heterocycles. The molecule has 1 N–H and O–H groups in total. The van der Waals surface area contributed by atoms with E-state index in [4.69, 9.17) is 4.42 Å². The second-order valence-corrected chi connectivity index (χ2v) is 6.65. The Bertz CT molecular complexity index is 1180. The Morgan fingerprint density at radius 3 is 2.32 bits per heavy atom. The summed E-state index contributed by atoms with van der Waals surface area (Å²) >= 11 is 0. The molecule has 0 spiro atoms. The number of hydrogen-bond donors (Lipinski definition) is 1. The molecule has 28 heavy (non-hydrogen) atoms. The average molecular weight is 370 g/mol. The molecule has 0 aliphatic heterocycles. The fraction of sp³-hybridized carbons (Fsp3) is 0.0870. The summed E-state index contributed by atoms with van der Waals surface area (Å²) in [5.74, 6) is -0.0754. The molecule has 5 nitrogen and oxygen atoms in total. The van der Waals surface area contributed by atoms with Crippen LogP contribution in [0.5, 0.6) is 0 Å². The van der Waals surface area contributed by atoms with E-state index in [0.29, 0.717) is 28.2 Å². The summed E-state index contributed by atoms with van der Waals surface area (Å²) in [6, 6.07) is 16.1. The van der Waals surface area contributed by atoms with Crippen LogP contribution in [0.1, 0.15) is 37.6 Å². The van der Waals surface area contributed by atoms with Crippen LogP contribution in [-0.2, 0) is 0 Å². The lowest BCUT2D eigenvalue weighted by molar-refractivity contribution is 0.101. The van der Waals surface area contributed by atoms with Crippen molar-refractivity contribution < 1.29 is 14.0 Å². The summed E-state index contributed by atoms with van der Waals surface area (Å²) < 4.78 is 5.86. The van der Waals surface area contributed by atoms with Crippen LogP contribution in [0.2, 0.25) is 0 Å². The third kappa shape index (κ3) is 3.30. The molecule has 4 aromatic rings. The van der Waals surface area contributed by atoms with E-state index < -0.39 is 0 Å². The summed E-state index contributed by atoms with van der Waals surface area (Å²) in [7, 11) is 0. The summed E-state index contributed by atoms with van der Waals surface area (Å²) in [6.07, 6.45) is 3.13. The Kier molecular flexibility index (Phi) is 4.49. The molecular weight excluding hydrogens is 352 g/mol. The molecule has 4 rings (SSSR count). The summed E-state index contributed by atoms with van der Waals surface area (Å²) in [5, 5.41) is 3.68. The molecule has 2 aromatic carbocycles. The summed E-state index contributed by atoms with van der Waals surface area (Å²) in [5.41, 5.74) is 4.12. The van der Waals surface area contributed by atoms with Crippen LogP contribution in [0, 0.1) is 13.8 Å². The van der Waals surface area contributed by atoms with Gasteiger partial charge < -0.3 is 9.73 Å². The quantitative estimate of drug-likeness (QED) is 0.517. The number of benzene rings is 2. The molecule has 2 aromatic heterocycles. The molecule has 0 radical (unpaired) electrons. The van der Waals surface area contributed by atoms with Crippen LogP contribution < -0.4 is 5.32 Å². The van der Waals surface area contributed by atoms with Crippen LogP contribution >= 0.6 is 0 Å². The molecule has 0 bridgehead atoms. The second kappa shape index (κ2) is 7.12. The van der Waals surface area contributed by atoms with E-state index in [1.807, 2.05) is 32.0 Å². The zero-order chi connectivity index (χ0) is 19.7. The molecule has 2 heterocycles. The molecule has 5 heteroatoms. The second-order valence-electron chi connectivity index (χ2n) is 6.65. The van der Waals surface area contributed by atoms with E-state index in [1.165, 1.54) is 0 Å². The van der Waals surface area contributed by atoms with Crippen LogP contribution in [-0.4, -0.2) is 16.7 Å². The highest BCUT2D eigenvalue weighted by Gasteiger charge is 2.19. The van der Waals surface area contributed by atoms with E-state index in [1.54, 1.807) is 48.8 Å². The van der Waals surface area contributed by atoms with Crippen LogP contribution in [0.15, 0.2) is 71.4 Å². The van der Waals surface area contributed by atoms with Gasteiger partial charge in [-0.25, -0.2) is 0 Å². The number of carbonyl (C=O) groups excluding carboxylic acids is 2. The Labute approximate surface area is 162 Å². The highest BCUT2D eigenvalue weighted by atomic mass is 16.3. The number of amides is 1. The van der Waals surface area contributed by atoms with Crippen molar-refractivity contribution in [2.24, 2.45) is 0 Å². The number of aromatic nitrogens is 1. The normalized spacial score (nSPS) is 10.8. The van der Waals surface area contributed by atoms with E-state index in [0.717, 1.165) is 16.5 Å². The maximum atomic E-state index is 12.8. The number of carbonyl (C=O) groups is 2. The Hall–Kier alpha value is -3.73. The standard InChI is InChI=1S/C23H18N2O3/c1-14-3-5-16(6-4-14)21(26)22-15(2)19-8-7-18(13-20(19)28-22)25-23(27)17-9-11-24-12-10-17/h3-13H,1-2H3,(H,25,27). The fourth-order valence-corrected chi connectivity index (χ4v) is 3.06. The highest BCUT2D eigenvalue weighted by molar-refractivity contribution is 6.11. The lowest BCUT2D eigenvalue weighted by atomic mass is 10.0. The van der Waals surface area contributed by atoms with E-state index in [9.17, 15) is 9.59 Å². The van der Waals surface area contributed by atoms with Gasteiger partial charge in [0, 0.05) is 46.2 Å². The number of furan rings is 1. The Morgan fingerprint density at radius 1 is 0.893 bits per heavy atom. The van der Waals surface area contributed by atoms with Crippen molar-refractivity contribution in [1.29, 1.82) is 0 Å². The lowest BCUT2D eigenvalue weighted by Gasteiger charge is -2.04. The van der Waals surface area contributed by atoms with Crippen molar-refractivity contribution in [2.75, 3.05) is 5.32 Å². The zero-order valence-electron chi connectivity index (χ0n) is 15.5. The Morgan fingerprint density at radius 2 is 1.61 bits per heavy atom. The molecule has 0 saturated carbocycles. The minimum absolute atomic E-state index is 0.156.